The number of rotatable bonds is 9. The molecule has 1 saturated heterocycles. The lowest BCUT2D eigenvalue weighted by Gasteiger charge is -2.45. The summed E-state index contributed by atoms with van der Waals surface area (Å²) in [6.07, 6.45) is 0.582. The summed E-state index contributed by atoms with van der Waals surface area (Å²) in [5, 5.41) is 9.69. The Bertz CT molecular complexity index is 1210. The van der Waals surface area contributed by atoms with Crippen molar-refractivity contribution in [3.8, 4) is 11.3 Å². The Kier molecular flexibility index (Phi) is 9.11. The first-order valence-corrected chi connectivity index (χ1v) is 13.7. The molecule has 3 aromatic rings. The van der Waals surface area contributed by atoms with Crippen molar-refractivity contribution in [3.05, 3.63) is 89.6 Å². The van der Waals surface area contributed by atoms with Crippen LogP contribution in [0.3, 0.4) is 0 Å². The molecule has 0 amide bonds. The van der Waals surface area contributed by atoms with Gasteiger partial charge in [-0.1, -0.05) is 63.2 Å². The van der Waals surface area contributed by atoms with Crippen molar-refractivity contribution in [2.24, 2.45) is 17.8 Å². The number of aromatic nitrogens is 1. The van der Waals surface area contributed by atoms with Crippen LogP contribution in [0.2, 0.25) is 0 Å². The SMILES string of the molecule is CC(C)CC[C@@H](c1ccc(-c2ccccn2)cc1)N1CC[C@H](C(C)C(=O)O)C[C@@H]1c1ccc(C(F)(F)F)cc1. The normalized spacial score (nSPS) is 20.1. The van der Waals surface area contributed by atoms with E-state index >= 15 is 0 Å². The second-order valence-corrected chi connectivity index (χ2v) is 11.1. The number of nitrogens with zero attached hydrogens (tertiary/aromatic N) is 2. The number of alkyl halides is 3. The monoisotopic (exact) mass is 538 g/mol. The molecule has 1 aliphatic heterocycles. The molecule has 7 heteroatoms. The van der Waals surface area contributed by atoms with Crippen molar-refractivity contribution in [1.82, 2.24) is 9.88 Å². The zero-order valence-corrected chi connectivity index (χ0v) is 22.7. The van der Waals surface area contributed by atoms with E-state index in [4.69, 9.17) is 0 Å². The second kappa shape index (κ2) is 12.3. The van der Waals surface area contributed by atoms with E-state index in [9.17, 15) is 23.1 Å². The molecule has 1 N–H and O–H groups in total. The van der Waals surface area contributed by atoms with Gasteiger partial charge in [0.1, 0.15) is 0 Å². The molecule has 0 bridgehead atoms. The highest BCUT2D eigenvalue weighted by atomic mass is 19.4. The minimum absolute atomic E-state index is 0.0525. The van der Waals surface area contributed by atoms with Crippen LogP contribution in [0.1, 0.15) is 75.2 Å². The summed E-state index contributed by atoms with van der Waals surface area (Å²) in [6, 6.07) is 19.5. The number of carboxylic acids is 1. The summed E-state index contributed by atoms with van der Waals surface area (Å²) in [4.78, 5) is 18.7. The number of pyridine rings is 1. The third-order valence-electron chi connectivity index (χ3n) is 8.08. The highest BCUT2D eigenvalue weighted by Crippen LogP contribution is 2.44. The fourth-order valence-electron chi connectivity index (χ4n) is 5.69. The predicted molar refractivity (Wildman–Crippen MR) is 147 cm³/mol. The van der Waals surface area contributed by atoms with Crippen molar-refractivity contribution >= 4 is 5.97 Å². The Balaban J connectivity index is 1.70. The third-order valence-corrected chi connectivity index (χ3v) is 8.08. The van der Waals surface area contributed by atoms with Gasteiger partial charge in [-0.25, -0.2) is 0 Å². The summed E-state index contributed by atoms with van der Waals surface area (Å²) >= 11 is 0. The van der Waals surface area contributed by atoms with Crippen LogP contribution >= 0.6 is 0 Å². The second-order valence-electron chi connectivity index (χ2n) is 11.1. The van der Waals surface area contributed by atoms with E-state index < -0.39 is 23.6 Å². The largest absolute Gasteiger partial charge is 0.481 e. The number of benzene rings is 2. The first kappa shape index (κ1) is 28.8. The molecule has 2 heterocycles. The summed E-state index contributed by atoms with van der Waals surface area (Å²) in [5.74, 6) is -0.908. The van der Waals surface area contributed by atoms with Crippen molar-refractivity contribution in [2.75, 3.05) is 6.54 Å². The van der Waals surface area contributed by atoms with Crippen LogP contribution in [0.5, 0.6) is 0 Å². The number of carboxylic acid groups (broad SMARTS) is 1. The predicted octanol–water partition coefficient (Wildman–Crippen LogP) is 8.42. The fraction of sp³-hybridized carbons (Fsp3) is 0.438. The highest BCUT2D eigenvalue weighted by Gasteiger charge is 2.38. The van der Waals surface area contributed by atoms with Crippen molar-refractivity contribution < 1.29 is 23.1 Å². The van der Waals surface area contributed by atoms with E-state index in [0.717, 1.165) is 53.8 Å². The zero-order valence-electron chi connectivity index (χ0n) is 22.7. The van der Waals surface area contributed by atoms with Gasteiger partial charge >= 0.3 is 12.1 Å². The third kappa shape index (κ3) is 7.07. The standard InChI is InChI=1S/C32H37F3N2O2/c1-21(2)7-16-29(24-10-8-23(9-11-24)28-6-4-5-18-36-28)37-19-17-26(22(3)31(38)39)20-30(37)25-12-14-27(15-13-25)32(33,34)35/h4-6,8-15,18,21-22,26,29-30H,7,16-17,19-20H2,1-3H3,(H,38,39)/t22?,26-,29-,30+/m0/s1. The van der Waals surface area contributed by atoms with Crippen LogP contribution in [0.15, 0.2) is 72.9 Å². The van der Waals surface area contributed by atoms with E-state index in [2.05, 4.69) is 48.0 Å². The Morgan fingerprint density at radius 1 is 1.00 bits per heavy atom. The molecule has 1 aromatic heterocycles. The number of piperidine rings is 1. The molecule has 0 saturated carbocycles. The lowest BCUT2D eigenvalue weighted by molar-refractivity contribution is -0.144. The maximum atomic E-state index is 13.3. The van der Waals surface area contributed by atoms with Gasteiger partial charge in [0, 0.05) is 23.8 Å². The van der Waals surface area contributed by atoms with Gasteiger partial charge in [0.2, 0.25) is 0 Å². The lowest BCUT2D eigenvalue weighted by atomic mass is 9.78. The highest BCUT2D eigenvalue weighted by molar-refractivity contribution is 5.69. The van der Waals surface area contributed by atoms with E-state index in [1.807, 2.05) is 18.2 Å². The van der Waals surface area contributed by atoms with Gasteiger partial charge < -0.3 is 5.11 Å². The number of carbonyl (C=O) groups is 1. The van der Waals surface area contributed by atoms with Crippen LogP contribution in [-0.4, -0.2) is 27.5 Å². The van der Waals surface area contributed by atoms with Crippen LogP contribution in [0.4, 0.5) is 13.2 Å². The first-order chi connectivity index (χ1) is 18.5. The molecule has 4 atom stereocenters. The first-order valence-electron chi connectivity index (χ1n) is 13.7. The molecule has 1 unspecified atom stereocenters. The van der Waals surface area contributed by atoms with Gasteiger partial charge in [-0.3, -0.25) is 14.7 Å². The average molecular weight is 539 g/mol. The van der Waals surface area contributed by atoms with Crippen molar-refractivity contribution in [1.29, 1.82) is 0 Å². The summed E-state index contributed by atoms with van der Waals surface area (Å²) in [5.41, 5.74) is 3.19. The van der Waals surface area contributed by atoms with Crippen LogP contribution < -0.4 is 0 Å². The minimum atomic E-state index is -4.40. The lowest BCUT2D eigenvalue weighted by Crippen LogP contribution is -2.42. The van der Waals surface area contributed by atoms with Crippen molar-refractivity contribution in [3.63, 3.8) is 0 Å². The Labute approximate surface area is 228 Å². The number of hydrogen-bond donors (Lipinski definition) is 1. The Morgan fingerprint density at radius 2 is 1.69 bits per heavy atom. The quantitative estimate of drug-likeness (QED) is 0.297. The molecule has 0 aliphatic carbocycles. The van der Waals surface area contributed by atoms with E-state index in [1.165, 1.54) is 0 Å². The molecule has 0 radical (unpaired) electrons. The van der Waals surface area contributed by atoms with Gasteiger partial charge in [-0.05, 0) is 79.5 Å². The smallest absolute Gasteiger partial charge is 0.416 e. The van der Waals surface area contributed by atoms with Gasteiger partial charge in [-0.2, -0.15) is 13.2 Å². The topological polar surface area (TPSA) is 53.4 Å². The molecule has 4 nitrogen and oxygen atoms in total. The average Bonchev–Trinajstić information content (AvgIpc) is 2.93. The maximum Gasteiger partial charge on any atom is 0.416 e. The van der Waals surface area contributed by atoms with E-state index in [1.54, 1.807) is 25.3 Å². The number of likely N-dealkylation sites (tertiary alicyclic amines) is 1. The van der Waals surface area contributed by atoms with Crippen molar-refractivity contribution in [2.45, 2.75) is 64.7 Å². The molecular formula is C32H37F3N2O2. The van der Waals surface area contributed by atoms with Crippen LogP contribution in [0.25, 0.3) is 11.3 Å². The Morgan fingerprint density at radius 3 is 2.26 bits per heavy atom. The Hall–Kier alpha value is -3.19. The zero-order chi connectivity index (χ0) is 28.2. The summed E-state index contributed by atoms with van der Waals surface area (Å²) in [7, 11) is 0. The molecule has 0 spiro atoms. The maximum absolute atomic E-state index is 13.3. The van der Waals surface area contributed by atoms with Gasteiger partial charge in [-0.15, -0.1) is 0 Å². The minimum Gasteiger partial charge on any atom is -0.481 e. The van der Waals surface area contributed by atoms with Gasteiger partial charge in [0.25, 0.3) is 0 Å². The molecule has 1 aliphatic rings. The molecule has 1 fully saturated rings. The van der Waals surface area contributed by atoms with Crippen LogP contribution in [-0.2, 0) is 11.0 Å². The summed E-state index contributed by atoms with van der Waals surface area (Å²) in [6.45, 7) is 6.79. The number of halogens is 3. The molecule has 39 heavy (non-hydrogen) atoms. The van der Waals surface area contributed by atoms with E-state index in [0.29, 0.717) is 18.9 Å². The molecule has 4 rings (SSSR count). The fourth-order valence-corrected chi connectivity index (χ4v) is 5.69. The molecular weight excluding hydrogens is 501 g/mol. The van der Waals surface area contributed by atoms with Gasteiger partial charge in [0.05, 0.1) is 17.2 Å². The number of aliphatic carboxylic acids is 1. The molecule has 2 aromatic carbocycles. The number of hydrogen-bond acceptors (Lipinski definition) is 3. The molecule has 208 valence electrons. The van der Waals surface area contributed by atoms with Gasteiger partial charge in [0.15, 0.2) is 0 Å². The van der Waals surface area contributed by atoms with E-state index in [-0.39, 0.29) is 18.0 Å². The summed E-state index contributed by atoms with van der Waals surface area (Å²) < 4.78 is 39.9. The van der Waals surface area contributed by atoms with Crippen LogP contribution in [0, 0.1) is 17.8 Å².